The van der Waals surface area contributed by atoms with Gasteiger partial charge in [-0.1, -0.05) is 42.6 Å². The lowest BCUT2D eigenvalue weighted by molar-refractivity contribution is 0.282. The van der Waals surface area contributed by atoms with E-state index in [1.165, 1.54) is 45.3 Å². The summed E-state index contributed by atoms with van der Waals surface area (Å²) in [5.41, 5.74) is 0. The van der Waals surface area contributed by atoms with Gasteiger partial charge in [0.05, 0.1) is 0 Å². The summed E-state index contributed by atoms with van der Waals surface area (Å²) in [7, 11) is 0. The molecule has 0 heterocycles. The van der Waals surface area contributed by atoms with E-state index in [0.717, 1.165) is 5.33 Å². The van der Waals surface area contributed by atoms with Gasteiger partial charge in [0.1, 0.15) is 0 Å². The van der Waals surface area contributed by atoms with Crippen molar-refractivity contribution >= 4 is 32.9 Å². The second-order valence-corrected chi connectivity index (χ2v) is 4.03. The van der Waals surface area contributed by atoms with E-state index in [1.54, 1.807) is 0 Å². The highest BCUT2D eigenvalue weighted by Crippen LogP contribution is 1.99. The van der Waals surface area contributed by atoms with Gasteiger partial charge in [0.25, 0.3) is 0 Å². The Balaban J connectivity index is 0. The minimum Gasteiger partial charge on any atom is -0.303 e. The summed E-state index contributed by atoms with van der Waals surface area (Å²) in [5.74, 6) is 0. The first-order chi connectivity index (χ1) is 5.85. The van der Waals surface area contributed by atoms with E-state index >= 15 is 0 Å². The lowest BCUT2D eigenvalue weighted by atomic mass is 10.2. The minimum absolute atomic E-state index is 0. The minimum atomic E-state index is 0. The normalized spacial score (nSPS) is 10.2. The third-order valence-electron chi connectivity index (χ3n) is 2.06. The summed E-state index contributed by atoms with van der Waals surface area (Å²) in [4.78, 5) is 2.56. The molecule has 0 saturated heterocycles. The zero-order valence-corrected chi connectivity index (χ0v) is 12.2. The average molecular weight is 317 g/mol. The molecule has 3 heteroatoms. The number of unbranched alkanes of at least 4 members (excludes halogenated alkanes) is 2. The number of rotatable bonds is 8. The van der Waals surface area contributed by atoms with Crippen LogP contribution in [0.5, 0.6) is 0 Å². The van der Waals surface area contributed by atoms with Crippen molar-refractivity contribution in [2.24, 2.45) is 0 Å². The summed E-state index contributed by atoms with van der Waals surface area (Å²) in [6, 6.07) is 0. The Bertz CT molecular complexity index is 81.0. The average Bonchev–Trinajstić information content (AvgIpc) is 2.10. The predicted molar refractivity (Wildman–Crippen MR) is 70.4 cm³/mol. The topological polar surface area (TPSA) is 3.24 Å². The summed E-state index contributed by atoms with van der Waals surface area (Å²) in [5, 5.41) is 1.11. The summed E-state index contributed by atoms with van der Waals surface area (Å²) < 4.78 is 0. The number of hydrogen-bond acceptors (Lipinski definition) is 1. The van der Waals surface area contributed by atoms with Crippen molar-refractivity contribution in [3.05, 3.63) is 0 Å². The number of halogens is 2. The highest BCUT2D eigenvalue weighted by atomic mass is 79.9. The van der Waals surface area contributed by atoms with Gasteiger partial charge < -0.3 is 4.90 Å². The van der Waals surface area contributed by atoms with Gasteiger partial charge in [-0.15, -0.1) is 17.0 Å². The van der Waals surface area contributed by atoms with Crippen LogP contribution in [0.1, 0.15) is 39.5 Å². The Labute approximate surface area is 102 Å². The van der Waals surface area contributed by atoms with Crippen molar-refractivity contribution < 1.29 is 0 Å². The maximum atomic E-state index is 3.49. The maximum absolute atomic E-state index is 3.49. The van der Waals surface area contributed by atoms with Crippen LogP contribution in [0.2, 0.25) is 0 Å². The molecule has 0 aliphatic heterocycles. The van der Waals surface area contributed by atoms with Crippen LogP contribution in [0.4, 0.5) is 0 Å². The van der Waals surface area contributed by atoms with Crippen molar-refractivity contribution in [1.29, 1.82) is 0 Å². The van der Waals surface area contributed by atoms with Crippen LogP contribution in [0.25, 0.3) is 0 Å². The fourth-order valence-corrected chi connectivity index (χ4v) is 1.72. The smallest absolute Gasteiger partial charge is 0.0159 e. The lowest BCUT2D eigenvalue weighted by Crippen LogP contribution is -2.27. The zero-order valence-electron chi connectivity index (χ0n) is 8.89. The quantitative estimate of drug-likeness (QED) is 0.615. The molecule has 0 spiro atoms. The molecule has 0 aromatic carbocycles. The second kappa shape index (κ2) is 12.9. The molecule has 82 valence electrons. The van der Waals surface area contributed by atoms with Crippen LogP contribution in [0, 0.1) is 0 Å². The van der Waals surface area contributed by atoms with Crippen molar-refractivity contribution in [3.63, 3.8) is 0 Å². The van der Waals surface area contributed by atoms with E-state index < -0.39 is 0 Å². The van der Waals surface area contributed by atoms with E-state index in [9.17, 15) is 0 Å². The van der Waals surface area contributed by atoms with Crippen molar-refractivity contribution in [3.8, 4) is 0 Å². The van der Waals surface area contributed by atoms with Crippen LogP contribution in [-0.2, 0) is 0 Å². The van der Waals surface area contributed by atoms with Crippen LogP contribution >= 0.6 is 32.9 Å². The third-order valence-corrected chi connectivity index (χ3v) is 2.41. The molecule has 0 bridgehead atoms. The predicted octanol–water partition coefficient (Wildman–Crippen LogP) is 3.86. The Kier molecular flexibility index (Phi) is 16.3. The van der Waals surface area contributed by atoms with Gasteiger partial charge in [-0.3, -0.25) is 0 Å². The van der Waals surface area contributed by atoms with Gasteiger partial charge in [-0.2, -0.15) is 0 Å². The molecule has 0 aliphatic carbocycles. The first kappa shape index (κ1) is 16.4. The molecule has 0 N–H and O–H groups in total. The Morgan fingerprint density at radius 2 is 1.38 bits per heavy atom. The van der Waals surface area contributed by atoms with E-state index in [4.69, 9.17) is 0 Å². The Morgan fingerprint density at radius 1 is 0.923 bits per heavy atom. The molecule has 0 aliphatic rings. The van der Waals surface area contributed by atoms with E-state index in [1.807, 2.05) is 0 Å². The molecule has 0 unspecified atom stereocenters. The van der Waals surface area contributed by atoms with E-state index in [2.05, 4.69) is 34.7 Å². The lowest BCUT2D eigenvalue weighted by Gasteiger charge is -2.20. The maximum Gasteiger partial charge on any atom is 0.0159 e. The van der Waals surface area contributed by atoms with E-state index in [-0.39, 0.29) is 17.0 Å². The standard InChI is InChI=1S/C10H22BrN.BrH/c1-3-5-8-12(10-7-11)9-6-4-2;/h3-10H2,1-2H3;1H. The SMILES string of the molecule is Br.CCCCN(CCBr)CCCC. The van der Waals surface area contributed by atoms with Crippen LogP contribution < -0.4 is 0 Å². The number of alkyl halides is 1. The Morgan fingerprint density at radius 3 is 1.69 bits per heavy atom. The third kappa shape index (κ3) is 10.8. The largest absolute Gasteiger partial charge is 0.303 e. The molecule has 0 rings (SSSR count). The van der Waals surface area contributed by atoms with Crippen molar-refractivity contribution in [1.82, 2.24) is 4.90 Å². The van der Waals surface area contributed by atoms with E-state index in [0.29, 0.717) is 0 Å². The number of nitrogens with zero attached hydrogens (tertiary/aromatic N) is 1. The van der Waals surface area contributed by atoms with Gasteiger partial charge in [0, 0.05) is 11.9 Å². The van der Waals surface area contributed by atoms with Crippen LogP contribution in [0.3, 0.4) is 0 Å². The summed E-state index contributed by atoms with van der Waals surface area (Å²) >= 11 is 3.49. The van der Waals surface area contributed by atoms with Gasteiger partial charge >= 0.3 is 0 Å². The fraction of sp³-hybridized carbons (Fsp3) is 1.00. The first-order valence-electron chi connectivity index (χ1n) is 5.13. The molecular weight excluding hydrogens is 294 g/mol. The molecule has 0 atom stereocenters. The van der Waals surface area contributed by atoms with Crippen molar-refractivity contribution in [2.75, 3.05) is 25.0 Å². The van der Waals surface area contributed by atoms with Crippen LogP contribution in [-0.4, -0.2) is 29.9 Å². The molecule has 0 fully saturated rings. The monoisotopic (exact) mass is 315 g/mol. The highest BCUT2D eigenvalue weighted by Gasteiger charge is 2.01. The fourth-order valence-electron chi connectivity index (χ4n) is 1.22. The molecule has 0 saturated carbocycles. The van der Waals surface area contributed by atoms with Gasteiger partial charge in [0.2, 0.25) is 0 Å². The molecule has 0 radical (unpaired) electrons. The molecule has 0 aromatic heterocycles. The molecule has 1 nitrogen and oxygen atoms in total. The highest BCUT2D eigenvalue weighted by molar-refractivity contribution is 9.09. The molecule has 13 heavy (non-hydrogen) atoms. The first-order valence-corrected chi connectivity index (χ1v) is 6.25. The van der Waals surface area contributed by atoms with Gasteiger partial charge in [0.15, 0.2) is 0 Å². The van der Waals surface area contributed by atoms with Crippen LogP contribution in [0.15, 0.2) is 0 Å². The summed E-state index contributed by atoms with van der Waals surface area (Å²) in [6.07, 6.45) is 5.31. The molecule has 0 amide bonds. The van der Waals surface area contributed by atoms with Gasteiger partial charge in [-0.25, -0.2) is 0 Å². The zero-order chi connectivity index (χ0) is 9.23. The van der Waals surface area contributed by atoms with Crippen molar-refractivity contribution in [2.45, 2.75) is 39.5 Å². The number of hydrogen-bond donors (Lipinski definition) is 0. The molecule has 0 aromatic rings. The van der Waals surface area contributed by atoms with Gasteiger partial charge in [-0.05, 0) is 25.9 Å². The second-order valence-electron chi connectivity index (χ2n) is 3.24. The molecular formula is C10H23Br2N. The summed E-state index contributed by atoms with van der Waals surface area (Å²) in [6.45, 7) is 8.28. The Hall–Kier alpha value is 0.920.